The van der Waals surface area contributed by atoms with E-state index in [0.29, 0.717) is 0 Å². The van der Waals surface area contributed by atoms with Crippen molar-refractivity contribution in [2.75, 3.05) is 0 Å². The van der Waals surface area contributed by atoms with Gasteiger partial charge in [0.1, 0.15) is 0 Å². The molecule has 0 heterocycles. The Labute approximate surface area is 63.8 Å². The number of allylic oxidation sites excluding steroid dienone is 1. The molecule has 0 amide bonds. The Hall–Kier alpha value is -0.300. The Morgan fingerprint density at radius 2 is 1.90 bits per heavy atom. The first-order valence-electron chi connectivity index (χ1n) is 3.76. The summed E-state index contributed by atoms with van der Waals surface area (Å²) in [6, 6.07) is 0. The highest BCUT2D eigenvalue weighted by atomic mass is 16.3. The van der Waals surface area contributed by atoms with E-state index in [1.54, 1.807) is 0 Å². The molecule has 0 aromatic rings. The van der Waals surface area contributed by atoms with Crippen molar-refractivity contribution < 1.29 is 5.11 Å². The van der Waals surface area contributed by atoms with Crippen LogP contribution in [0.15, 0.2) is 12.2 Å². The highest BCUT2D eigenvalue weighted by Gasteiger charge is 2.13. The highest BCUT2D eigenvalue weighted by Crippen LogP contribution is 2.20. The third kappa shape index (κ3) is 5.83. The van der Waals surface area contributed by atoms with Crippen molar-refractivity contribution in [2.24, 2.45) is 5.41 Å². The van der Waals surface area contributed by atoms with Crippen LogP contribution in [0.4, 0.5) is 0 Å². The molecule has 0 rings (SSSR count). The number of aliphatic hydroxyl groups excluding tert-OH is 1. The van der Waals surface area contributed by atoms with Gasteiger partial charge < -0.3 is 5.11 Å². The van der Waals surface area contributed by atoms with Gasteiger partial charge in [0.25, 0.3) is 0 Å². The van der Waals surface area contributed by atoms with Crippen LogP contribution in [-0.2, 0) is 0 Å². The van der Waals surface area contributed by atoms with Crippen LogP contribution in [0.1, 0.15) is 34.1 Å². The molecule has 1 nitrogen and oxygen atoms in total. The lowest BCUT2D eigenvalue weighted by molar-refractivity contribution is 0.162. The van der Waals surface area contributed by atoms with Gasteiger partial charge in [-0.25, -0.2) is 0 Å². The van der Waals surface area contributed by atoms with E-state index in [9.17, 15) is 5.11 Å². The van der Waals surface area contributed by atoms with E-state index in [0.717, 1.165) is 6.42 Å². The summed E-state index contributed by atoms with van der Waals surface area (Å²) in [6.45, 7) is 8.30. The van der Waals surface area contributed by atoms with Crippen LogP contribution in [0.25, 0.3) is 0 Å². The van der Waals surface area contributed by atoms with Crippen LogP contribution in [0.2, 0.25) is 0 Å². The SMILES string of the molecule is C/C=C/[C@@H](O)CC(C)(C)C. The minimum absolute atomic E-state index is 0.221. The first kappa shape index (κ1) is 9.70. The monoisotopic (exact) mass is 142 g/mol. The van der Waals surface area contributed by atoms with Gasteiger partial charge in [0.2, 0.25) is 0 Å². The van der Waals surface area contributed by atoms with Crippen LogP contribution >= 0.6 is 0 Å². The number of hydrogen-bond acceptors (Lipinski definition) is 1. The maximum absolute atomic E-state index is 9.30. The maximum Gasteiger partial charge on any atom is 0.0725 e. The second kappa shape index (κ2) is 3.77. The van der Waals surface area contributed by atoms with E-state index in [1.165, 1.54) is 0 Å². The molecule has 10 heavy (non-hydrogen) atoms. The summed E-state index contributed by atoms with van der Waals surface area (Å²) in [5.41, 5.74) is 0.221. The molecule has 0 aromatic carbocycles. The van der Waals surface area contributed by atoms with Crippen molar-refractivity contribution in [3.63, 3.8) is 0 Å². The molecule has 1 heteroatoms. The number of aliphatic hydroxyl groups is 1. The highest BCUT2D eigenvalue weighted by molar-refractivity contribution is 4.87. The predicted molar refractivity (Wildman–Crippen MR) is 44.9 cm³/mol. The summed E-state index contributed by atoms with van der Waals surface area (Å²) in [7, 11) is 0. The quantitative estimate of drug-likeness (QED) is 0.587. The Balaban J connectivity index is 3.68. The lowest BCUT2D eigenvalue weighted by Gasteiger charge is -2.19. The lowest BCUT2D eigenvalue weighted by atomic mass is 9.89. The predicted octanol–water partition coefficient (Wildman–Crippen LogP) is 2.36. The largest absolute Gasteiger partial charge is 0.389 e. The summed E-state index contributed by atoms with van der Waals surface area (Å²) < 4.78 is 0. The van der Waals surface area contributed by atoms with Gasteiger partial charge in [-0.3, -0.25) is 0 Å². The molecular weight excluding hydrogens is 124 g/mol. The molecule has 0 bridgehead atoms. The second-order valence-corrected chi connectivity index (χ2v) is 3.86. The molecule has 0 aromatic heterocycles. The minimum atomic E-state index is -0.273. The first-order chi connectivity index (χ1) is 4.45. The molecule has 0 radical (unpaired) electrons. The molecule has 0 saturated carbocycles. The van der Waals surface area contributed by atoms with E-state index < -0.39 is 0 Å². The zero-order valence-corrected chi connectivity index (χ0v) is 7.39. The Morgan fingerprint density at radius 3 is 2.20 bits per heavy atom. The minimum Gasteiger partial charge on any atom is -0.389 e. The maximum atomic E-state index is 9.30. The second-order valence-electron chi connectivity index (χ2n) is 3.86. The van der Waals surface area contributed by atoms with Crippen molar-refractivity contribution in [2.45, 2.75) is 40.2 Å². The third-order valence-electron chi connectivity index (χ3n) is 1.24. The molecule has 0 aliphatic carbocycles. The number of hydrogen-bond donors (Lipinski definition) is 1. The zero-order chi connectivity index (χ0) is 8.20. The van der Waals surface area contributed by atoms with Gasteiger partial charge in [-0.1, -0.05) is 32.9 Å². The molecule has 0 aliphatic rings. The molecule has 0 aliphatic heterocycles. The van der Waals surface area contributed by atoms with Gasteiger partial charge in [-0.05, 0) is 18.8 Å². The average Bonchev–Trinajstić information content (AvgIpc) is 1.59. The van der Waals surface area contributed by atoms with E-state index in [-0.39, 0.29) is 11.5 Å². The summed E-state index contributed by atoms with van der Waals surface area (Å²) in [5, 5.41) is 9.30. The van der Waals surface area contributed by atoms with Gasteiger partial charge in [0.05, 0.1) is 6.10 Å². The zero-order valence-electron chi connectivity index (χ0n) is 7.39. The Morgan fingerprint density at radius 1 is 1.40 bits per heavy atom. The fourth-order valence-electron chi connectivity index (χ4n) is 0.918. The summed E-state index contributed by atoms with van der Waals surface area (Å²) >= 11 is 0. The molecule has 60 valence electrons. The van der Waals surface area contributed by atoms with Gasteiger partial charge in [0.15, 0.2) is 0 Å². The molecule has 1 atom stereocenters. The van der Waals surface area contributed by atoms with Crippen LogP contribution < -0.4 is 0 Å². The molecule has 0 unspecified atom stereocenters. The van der Waals surface area contributed by atoms with Crippen LogP contribution in [0.5, 0.6) is 0 Å². The molecular formula is C9H18O. The normalized spacial score (nSPS) is 16.1. The van der Waals surface area contributed by atoms with Gasteiger partial charge in [0, 0.05) is 0 Å². The smallest absolute Gasteiger partial charge is 0.0725 e. The van der Waals surface area contributed by atoms with Gasteiger partial charge >= 0.3 is 0 Å². The molecule has 0 spiro atoms. The van der Waals surface area contributed by atoms with E-state index in [1.807, 2.05) is 19.1 Å². The Bertz CT molecular complexity index is 108. The first-order valence-corrected chi connectivity index (χ1v) is 3.76. The molecule has 0 fully saturated rings. The van der Waals surface area contributed by atoms with Crippen LogP contribution in [0, 0.1) is 5.41 Å². The summed E-state index contributed by atoms with van der Waals surface area (Å²) in [5.74, 6) is 0. The van der Waals surface area contributed by atoms with E-state index in [2.05, 4.69) is 20.8 Å². The average molecular weight is 142 g/mol. The van der Waals surface area contributed by atoms with Gasteiger partial charge in [-0.15, -0.1) is 0 Å². The molecule has 1 N–H and O–H groups in total. The lowest BCUT2D eigenvalue weighted by Crippen LogP contribution is -2.15. The van der Waals surface area contributed by atoms with Crippen molar-refractivity contribution in [3.05, 3.63) is 12.2 Å². The fourth-order valence-corrected chi connectivity index (χ4v) is 0.918. The van der Waals surface area contributed by atoms with Crippen LogP contribution in [-0.4, -0.2) is 11.2 Å². The summed E-state index contributed by atoms with van der Waals surface area (Å²) in [4.78, 5) is 0. The third-order valence-corrected chi connectivity index (χ3v) is 1.24. The Kier molecular flexibility index (Phi) is 3.66. The van der Waals surface area contributed by atoms with Crippen molar-refractivity contribution in [1.82, 2.24) is 0 Å². The van der Waals surface area contributed by atoms with E-state index >= 15 is 0 Å². The standard InChI is InChI=1S/C9H18O/c1-5-6-8(10)7-9(2,3)4/h5-6,8,10H,7H2,1-4H3/b6-5+/t8-/m1/s1. The van der Waals surface area contributed by atoms with Crippen molar-refractivity contribution in [1.29, 1.82) is 0 Å². The topological polar surface area (TPSA) is 20.2 Å². The summed E-state index contributed by atoms with van der Waals surface area (Å²) in [6.07, 6.45) is 4.27. The number of rotatable bonds is 2. The molecule has 0 saturated heterocycles. The van der Waals surface area contributed by atoms with E-state index in [4.69, 9.17) is 0 Å². The fraction of sp³-hybridized carbons (Fsp3) is 0.778. The van der Waals surface area contributed by atoms with Crippen LogP contribution in [0.3, 0.4) is 0 Å². The van der Waals surface area contributed by atoms with Gasteiger partial charge in [-0.2, -0.15) is 0 Å². The van der Waals surface area contributed by atoms with Crippen molar-refractivity contribution >= 4 is 0 Å². The van der Waals surface area contributed by atoms with Crippen molar-refractivity contribution in [3.8, 4) is 0 Å².